The van der Waals surface area contributed by atoms with Crippen LogP contribution in [0.15, 0.2) is 18.2 Å². The number of hydrogen-bond donors (Lipinski definition) is 2. The number of aromatic hydroxyl groups is 1. The zero-order valence-corrected chi connectivity index (χ0v) is 12.2. The molecule has 4 nitrogen and oxygen atoms in total. The number of halogens is 1. The summed E-state index contributed by atoms with van der Waals surface area (Å²) in [5.74, 6) is 0.880. The predicted octanol–water partition coefficient (Wildman–Crippen LogP) is 2.78. The zero-order chi connectivity index (χ0) is 14.4. The summed E-state index contributed by atoms with van der Waals surface area (Å²) in [5.41, 5.74) is 0.193. The van der Waals surface area contributed by atoms with Crippen molar-refractivity contribution in [3.8, 4) is 11.5 Å². The lowest BCUT2D eigenvalue weighted by atomic mass is 10.0. The standard InChI is InChI=1S/C14H20ClNO3/c1-9(2)6-10(8-15)16-14(18)12-7-11(19-3)4-5-13(12)17/h4-5,7,9-10,17H,6,8H2,1-3H3,(H,16,18). The van der Waals surface area contributed by atoms with Crippen LogP contribution >= 0.6 is 11.6 Å². The molecule has 19 heavy (non-hydrogen) atoms. The van der Waals surface area contributed by atoms with Crippen LogP contribution in [0.2, 0.25) is 0 Å². The van der Waals surface area contributed by atoms with Crippen molar-refractivity contribution in [1.29, 1.82) is 0 Å². The van der Waals surface area contributed by atoms with Crippen LogP contribution in [0.1, 0.15) is 30.6 Å². The molecule has 1 rings (SSSR count). The third-order valence-electron chi connectivity index (χ3n) is 2.73. The highest BCUT2D eigenvalue weighted by molar-refractivity contribution is 6.18. The van der Waals surface area contributed by atoms with E-state index in [0.717, 1.165) is 6.42 Å². The van der Waals surface area contributed by atoms with Crippen LogP contribution < -0.4 is 10.1 Å². The number of phenols is 1. The predicted molar refractivity (Wildman–Crippen MR) is 76.1 cm³/mol. The molecule has 0 aliphatic rings. The summed E-state index contributed by atoms with van der Waals surface area (Å²) in [6.07, 6.45) is 0.792. The van der Waals surface area contributed by atoms with Gasteiger partial charge in [-0.25, -0.2) is 0 Å². The van der Waals surface area contributed by atoms with E-state index in [0.29, 0.717) is 17.5 Å². The van der Waals surface area contributed by atoms with Gasteiger partial charge >= 0.3 is 0 Å². The lowest BCUT2D eigenvalue weighted by molar-refractivity contribution is 0.0933. The van der Waals surface area contributed by atoms with Gasteiger partial charge in [0.1, 0.15) is 11.5 Å². The minimum Gasteiger partial charge on any atom is -0.507 e. The van der Waals surface area contributed by atoms with Crippen molar-refractivity contribution in [2.75, 3.05) is 13.0 Å². The number of nitrogens with one attached hydrogen (secondary N) is 1. The SMILES string of the molecule is COc1ccc(O)c(C(=O)NC(CCl)CC(C)C)c1. The Morgan fingerprint density at radius 2 is 2.16 bits per heavy atom. The highest BCUT2D eigenvalue weighted by Gasteiger charge is 2.17. The molecule has 1 aromatic rings. The number of methoxy groups -OCH3 is 1. The number of carbonyl (C=O) groups excluding carboxylic acids is 1. The summed E-state index contributed by atoms with van der Waals surface area (Å²) in [5, 5.41) is 12.5. The van der Waals surface area contributed by atoms with Crippen molar-refractivity contribution in [2.45, 2.75) is 26.3 Å². The molecule has 1 amide bonds. The van der Waals surface area contributed by atoms with E-state index in [1.54, 1.807) is 6.07 Å². The van der Waals surface area contributed by atoms with Crippen LogP contribution in [0, 0.1) is 5.92 Å². The van der Waals surface area contributed by atoms with Gasteiger partial charge in [0.15, 0.2) is 0 Å². The van der Waals surface area contributed by atoms with E-state index < -0.39 is 0 Å². The minimum absolute atomic E-state index is 0.0730. The molecule has 0 spiro atoms. The van der Waals surface area contributed by atoms with Crippen molar-refractivity contribution in [1.82, 2.24) is 5.32 Å². The van der Waals surface area contributed by atoms with Gasteiger partial charge in [-0.1, -0.05) is 13.8 Å². The maximum absolute atomic E-state index is 12.1. The van der Waals surface area contributed by atoms with Gasteiger partial charge in [0.2, 0.25) is 0 Å². The van der Waals surface area contributed by atoms with Crippen LogP contribution in [0.4, 0.5) is 0 Å². The maximum Gasteiger partial charge on any atom is 0.255 e. The van der Waals surface area contributed by atoms with Gasteiger partial charge in [-0.3, -0.25) is 4.79 Å². The van der Waals surface area contributed by atoms with Crippen molar-refractivity contribution in [3.63, 3.8) is 0 Å². The van der Waals surface area contributed by atoms with E-state index in [1.165, 1.54) is 19.2 Å². The summed E-state index contributed by atoms with van der Waals surface area (Å²) in [4.78, 5) is 12.1. The molecule has 0 saturated carbocycles. The molecule has 0 heterocycles. The van der Waals surface area contributed by atoms with Gasteiger partial charge in [-0.05, 0) is 30.5 Å². The third-order valence-corrected chi connectivity index (χ3v) is 3.10. The van der Waals surface area contributed by atoms with E-state index >= 15 is 0 Å². The number of ether oxygens (including phenoxy) is 1. The average molecular weight is 286 g/mol. The first-order valence-corrected chi connectivity index (χ1v) is 6.75. The second-order valence-electron chi connectivity index (χ2n) is 4.84. The fourth-order valence-corrected chi connectivity index (χ4v) is 2.02. The molecule has 1 aromatic carbocycles. The van der Waals surface area contributed by atoms with E-state index in [2.05, 4.69) is 19.2 Å². The molecule has 1 unspecified atom stereocenters. The number of alkyl halides is 1. The van der Waals surface area contributed by atoms with Crippen molar-refractivity contribution >= 4 is 17.5 Å². The van der Waals surface area contributed by atoms with E-state index in [1.807, 2.05) is 0 Å². The molecule has 2 N–H and O–H groups in total. The molecule has 0 bridgehead atoms. The molecule has 0 radical (unpaired) electrons. The summed E-state index contributed by atoms with van der Waals surface area (Å²) in [7, 11) is 1.51. The van der Waals surface area contributed by atoms with Crippen LogP contribution in [0.3, 0.4) is 0 Å². The Labute approximate surface area is 118 Å². The molecule has 0 aromatic heterocycles. The molecular formula is C14H20ClNO3. The first kappa shape index (κ1) is 15.6. The Kier molecular flexibility index (Phi) is 5.96. The Morgan fingerprint density at radius 3 is 2.68 bits per heavy atom. The van der Waals surface area contributed by atoms with Crippen molar-refractivity contribution < 1.29 is 14.6 Å². The van der Waals surface area contributed by atoms with Crippen LogP contribution in [-0.2, 0) is 0 Å². The normalized spacial score (nSPS) is 12.3. The molecule has 5 heteroatoms. The number of amides is 1. The smallest absolute Gasteiger partial charge is 0.255 e. The number of phenolic OH excluding ortho intramolecular Hbond substituents is 1. The van der Waals surface area contributed by atoms with Crippen LogP contribution in [0.25, 0.3) is 0 Å². The lowest BCUT2D eigenvalue weighted by Crippen LogP contribution is -2.37. The molecule has 0 fully saturated rings. The largest absolute Gasteiger partial charge is 0.507 e. The van der Waals surface area contributed by atoms with Gasteiger partial charge in [0.25, 0.3) is 5.91 Å². The Hall–Kier alpha value is -1.42. The zero-order valence-electron chi connectivity index (χ0n) is 11.4. The van der Waals surface area contributed by atoms with Crippen LogP contribution in [-0.4, -0.2) is 30.0 Å². The quantitative estimate of drug-likeness (QED) is 0.790. The first-order valence-electron chi connectivity index (χ1n) is 6.21. The average Bonchev–Trinajstić information content (AvgIpc) is 2.37. The number of hydrogen-bond acceptors (Lipinski definition) is 3. The van der Waals surface area contributed by atoms with Gasteiger partial charge in [0.05, 0.1) is 12.7 Å². The number of benzene rings is 1. The molecule has 0 aliphatic heterocycles. The summed E-state index contributed by atoms with van der Waals surface area (Å²) >= 11 is 5.84. The maximum atomic E-state index is 12.1. The fourth-order valence-electron chi connectivity index (χ4n) is 1.82. The molecule has 1 atom stereocenters. The Bertz CT molecular complexity index is 435. The molecule has 106 valence electrons. The minimum atomic E-state index is -0.345. The molecule has 0 saturated heterocycles. The lowest BCUT2D eigenvalue weighted by Gasteiger charge is -2.18. The monoisotopic (exact) mass is 285 g/mol. The molecular weight excluding hydrogens is 266 g/mol. The second kappa shape index (κ2) is 7.24. The topological polar surface area (TPSA) is 58.6 Å². The highest BCUT2D eigenvalue weighted by atomic mass is 35.5. The number of rotatable bonds is 6. The summed E-state index contributed by atoms with van der Waals surface area (Å²) in [6.45, 7) is 4.13. The van der Waals surface area contributed by atoms with Gasteiger partial charge in [0, 0.05) is 11.9 Å². The fraction of sp³-hybridized carbons (Fsp3) is 0.500. The highest BCUT2D eigenvalue weighted by Crippen LogP contribution is 2.23. The van der Waals surface area contributed by atoms with E-state index in [4.69, 9.17) is 16.3 Å². The Balaban J connectivity index is 2.81. The number of carbonyl (C=O) groups is 1. The Morgan fingerprint density at radius 1 is 1.47 bits per heavy atom. The van der Waals surface area contributed by atoms with E-state index in [9.17, 15) is 9.90 Å². The second-order valence-corrected chi connectivity index (χ2v) is 5.15. The first-order chi connectivity index (χ1) is 8.97. The van der Waals surface area contributed by atoms with Gasteiger partial charge in [-0.2, -0.15) is 0 Å². The van der Waals surface area contributed by atoms with Crippen LogP contribution in [0.5, 0.6) is 11.5 Å². The third kappa shape index (κ3) is 4.63. The van der Waals surface area contributed by atoms with Gasteiger partial charge in [-0.15, -0.1) is 11.6 Å². The molecule has 0 aliphatic carbocycles. The van der Waals surface area contributed by atoms with Crippen molar-refractivity contribution in [2.24, 2.45) is 5.92 Å². The van der Waals surface area contributed by atoms with E-state index in [-0.39, 0.29) is 23.3 Å². The van der Waals surface area contributed by atoms with Gasteiger partial charge < -0.3 is 15.2 Å². The summed E-state index contributed by atoms with van der Waals surface area (Å²) < 4.78 is 5.04. The summed E-state index contributed by atoms with van der Waals surface area (Å²) in [6, 6.07) is 4.43. The van der Waals surface area contributed by atoms with Crippen molar-refractivity contribution in [3.05, 3.63) is 23.8 Å².